The molecule has 0 aliphatic heterocycles. The maximum absolute atomic E-state index is 11.5. The van der Waals surface area contributed by atoms with E-state index in [0.717, 1.165) is 3.57 Å². The Kier molecular flexibility index (Phi) is 3.45. The Labute approximate surface area is 94.7 Å². The molecule has 0 aliphatic rings. The van der Waals surface area contributed by atoms with Crippen LogP contribution in [-0.2, 0) is 0 Å². The Morgan fingerprint density at radius 3 is 2.57 bits per heavy atom. The SMILES string of the molecule is CN(C(=O)O)C(=O)c1cccc(I)c1. The first-order valence-corrected chi connectivity index (χ1v) is 4.87. The van der Waals surface area contributed by atoms with Gasteiger partial charge in [0.2, 0.25) is 0 Å². The average molecular weight is 305 g/mol. The second-order valence-corrected chi connectivity index (χ2v) is 3.90. The van der Waals surface area contributed by atoms with Crippen molar-refractivity contribution in [3.8, 4) is 0 Å². The van der Waals surface area contributed by atoms with Gasteiger partial charge in [-0.3, -0.25) is 4.79 Å². The van der Waals surface area contributed by atoms with E-state index < -0.39 is 12.0 Å². The van der Waals surface area contributed by atoms with Crippen LogP contribution in [0.4, 0.5) is 4.79 Å². The standard InChI is InChI=1S/C9H8INO3/c1-11(9(13)14)8(12)6-3-2-4-7(10)5-6/h2-5H,1H3,(H,13,14). The van der Waals surface area contributed by atoms with E-state index in [0.29, 0.717) is 10.5 Å². The van der Waals surface area contributed by atoms with Gasteiger partial charge in [0.25, 0.3) is 5.91 Å². The normalized spacial score (nSPS) is 9.57. The van der Waals surface area contributed by atoms with Crippen LogP contribution in [0.2, 0.25) is 0 Å². The number of benzene rings is 1. The fourth-order valence-corrected chi connectivity index (χ4v) is 1.45. The number of hydrogen-bond donors (Lipinski definition) is 1. The molecular weight excluding hydrogens is 297 g/mol. The van der Waals surface area contributed by atoms with Crippen molar-refractivity contribution >= 4 is 34.6 Å². The highest BCUT2D eigenvalue weighted by atomic mass is 127. The monoisotopic (exact) mass is 305 g/mol. The van der Waals surface area contributed by atoms with Crippen LogP contribution >= 0.6 is 22.6 Å². The topological polar surface area (TPSA) is 57.6 Å². The van der Waals surface area contributed by atoms with Crippen molar-refractivity contribution in [1.29, 1.82) is 0 Å². The van der Waals surface area contributed by atoms with Crippen LogP contribution in [0, 0.1) is 3.57 Å². The molecule has 0 aromatic heterocycles. The first-order chi connectivity index (χ1) is 6.52. The van der Waals surface area contributed by atoms with Crippen molar-refractivity contribution in [3.63, 3.8) is 0 Å². The first kappa shape index (κ1) is 11.0. The smallest absolute Gasteiger partial charge is 0.414 e. The lowest BCUT2D eigenvalue weighted by molar-refractivity contribution is 0.0781. The lowest BCUT2D eigenvalue weighted by atomic mass is 10.2. The van der Waals surface area contributed by atoms with E-state index in [2.05, 4.69) is 22.6 Å². The quantitative estimate of drug-likeness (QED) is 0.808. The summed E-state index contributed by atoms with van der Waals surface area (Å²) < 4.78 is 0.896. The molecule has 0 heterocycles. The van der Waals surface area contributed by atoms with Gasteiger partial charge in [0, 0.05) is 16.2 Å². The van der Waals surface area contributed by atoms with Crippen molar-refractivity contribution in [1.82, 2.24) is 4.90 Å². The van der Waals surface area contributed by atoms with Crippen molar-refractivity contribution in [2.75, 3.05) is 7.05 Å². The van der Waals surface area contributed by atoms with Gasteiger partial charge in [0.1, 0.15) is 0 Å². The van der Waals surface area contributed by atoms with Gasteiger partial charge >= 0.3 is 6.09 Å². The molecule has 0 spiro atoms. The summed E-state index contributed by atoms with van der Waals surface area (Å²) in [5.74, 6) is -0.518. The Bertz CT molecular complexity index is 378. The van der Waals surface area contributed by atoms with Gasteiger partial charge in [-0.05, 0) is 40.8 Å². The van der Waals surface area contributed by atoms with Crippen LogP contribution in [0.1, 0.15) is 10.4 Å². The van der Waals surface area contributed by atoms with Gasteiger partial charge in [-0.25, -0.2) is 9.69 Å². The maximum Gasteiger partial charge on any atom is 0.414 e. The molecule has 1 N–H and O–H groups in total. The van der Waals surface area contributed by atoms with Crippen molar-refractivity contribution in [2.45, 2.75) is 0 Å². The minimum Gasteiger partial charge on any atom is -0.465 e. The van der Waals surface area contributed by atoms with Crippen LogP contribution in [0.3, 0.4) is 0 Å². The summed E-state index contributed by atoms with van der Waals surface area (Å²) in [6, 6.07) is 6.77. The van der Waals surface area contributed by atoms with E-state index in [1.807, 2.05) is 6.07 Å². The van der Waals surface area contributed by atoms with E-state index in [4.69, 9.17) is 5.11 Å². The number of hydrogen-bond acceptors (Lipinski definition) is 2. The molecule has 1 aromatic carbocycles. The Morgan fingerprint density at radius 1 is 1.43 bits per heavy atom. The number of rotatable bonds is 1. The molecule has 74 valence electrons. The van der Waals surface area contributed by atoms with Crippen LogP contribution in [0.5, 0.6) is 0 Å². The summed E-state index contributed by atoms with van der Waals surface area (Å²) in [6.07, 6.45) is -1.26. The van der Waals surface area contributed by atoms with Gasteiger partial charge in [0.15, 0.2) is 0 Å². The largest absolute Gasteiger partial charge is 0.465 e. The molecule has 0 atom stereocenters. The lowest BCUT2D eigenvalue weighted by Gasteiger charge is -2.10. The van der Waals surface area contributed by atoms with E-state index in [1.165, 1.54) is 7.05 Å². The maximum atomic E-state index is 11.5. The number of halogens is 1. The van der Waals surface area contributed by atoms with Crippen LogP contribution in [0.25, 0.3) is 0 Å². The molecule has 5 heteroatoms. The number of carboxylic acid groups (broad SMARTS) is 1. The van der Waals surface area contributed by atoms with E-state index >= 15 is 0 Å². The molecule has 0 fully saturated rings. The third-order valence-corrected chi connectivity index (χ3v) is 2.33. The summed E-state index contributed by atoms with van der Waals surface area (Å²) in [4.78, 5) is 22.6. The van der Waals surface area contributed by atoms with Crippen LogP contribution < -0.4 is 0 Å². The fourth-order valence-electron chi connectivity index (χ4n) is 0.902. The molecule has 0 saturated carbocycles. The zero-order valence-corrected chi connectivity index (χ0v) is 9.56. The lowest BCUT2D eigenvalue weighted by Crippen LogP contribution is -2.31. The second-order valence-electron chi connectivity index (χ2n) is 2.66. The van der Waals surface area contributed by atoms with Crippen LogP contribution in [0.15, 0.2) is 24.3 Å². The third kappa shape index (κ3) is 2.44. The van der Waals surface area contributed by atoms with Crippen LogP contribution in [-0.4, -0.2) is 29.1 Å². The molecule has 0 bridgehead atoms. The molecule has 2 amide bonds. The molecule has 0 radical (unpaired) electrons. The predicted molar refractivity (Wildman–Crippen MR) is 59.3 cm³/mol. The Morgan fingerprint density at radius 2 is 2.07 bits per heavy atom. The predicted octanol–water partition coefficient (Wildman–Crippen LogP) is 2.04. The average Bonchev–Trinajstić information content (AvgIpc) is 2.15. The molecule has 0 unspecified atom stereocenters. The molecular formula is C9H8INO3. The van der Waals surface area contributed by atoms with E-state index in [1.54, 1.807) is 18.2 Å². The molecule has 4 nitrogen and oxygen atoms in total. The number of imide groups is 1. The van der Waals surface area contributed by atoms with Crippen molar-refractivity contribution in [3.05, 3.63) is 33.4 Å². The summed E-state index contributed by atoms with van der Waals surface area (Å²) in [7, 11) is 1.23. The van der Waals surface area contributed by atoms with E-state index in [9.17, 15) is 9.59 Å². The zero-order chi connectivity index (χ0) is 10.7. The Balaban J connectivity index is 2.95. The molecule has 1 rings (SSSR count). The second kappa shape index (κ2) is 4.41. The summed E-state index contributed by atoms with van der Waals surface area (Å²) >= 11 is 2.06. The zero-order valence-electron chi connectivity index (χ0n) is 7.40. The summed E-state index contributed by atoms with van der Waals surface area (Å²) in [6.45, 7) is 0. The van der Waals surface area contributed by atoms with E-state index in [-0.39, 0.29) is 0 Å². The number of carbonyl (C=O) groups excluding carboxylic acids is 1. The molecule has 14 heavy (non-hydrogen) atoms. The van der Waals surface area contributed by atoms with Gasteiger partial charge in [-0.1, -0.05) is 6.07 Å². The first-order valence-electron chi connectivity index (χ1n) is 3.79. The van der Waals surface area contributed by atoms with Crippen molar-refractivity contribution < 1.29 is 14.7 Å². The van der Waals surface area contributed by atoms with Gasteiger partial charge in [-0.2, -0.15) is 0 Å². The molecule has 0 aliphatic carbocycles. The molecule has 1 aromatic rings. The highest BCUT2D eigenvalue weighted by molar-refractivity contribution is 14.1. The summed E-state index contributed by atoms with van der Waals surface area (Å²) in [5, 5.41) is 8.59. The summed E-state index contributed by atoms with van der Waals surface area (Å²) in [5.41, 5.74) is 0.377. The van der Waals surface area contributed by atoms with Gasteiger partial charge in [0.05, 0.1) is 0 Å². The third-order valence-electron chi connectivity index (χ3n) is 1.66. The number of amides is 2. The number of nitrogens with zero attached hydrogens (tertiary/aromatic N) is 1. The minimum absolute atomic E-state index is 0.377. The number of carbonyl (C=O) groups is 2. The fraction of sp³-hybridized carbons (Fsp3) is 0.111. The van der Waals surface area contributed by atoms with Gasteiger partial charge < -0.3 is 5.11 Å². The minimum atomic E-state index is -1.26. The van der Waals surface area contributed by atoms with Gasteiger partial charge in [-0.15, -0.1) is 0 Å². The van der Waals surface area contributed by atoms with Crippen molar-refractivity contribution in [2.24, 2.45) is 0 Å². The molecule has 0 saturated heterocycles. The highest BCUT2D eigenvalue weighted by Gasteiger charge is 2.16. The highest BCUT2D eigenvalue weighted by Crippen LogP contribution is 2.09. The Hall–Kier alpha value is -1.11.